The number of ether oxygens (including phenoxy) is 4. The summed E-state index contributed by atoms with van der Waals surface area (Å²) in [6.07, 6.45) is 17.3. The first-order valence-electron chi connectivity index (χ1n) is 15.1. The Kier molecular flexibility index (Phi) is 14.5. The van der Waals surface area contributed by atoms with Gasteiger partial charge in [-0.2, -0.15) is 0 Å². The molecular weight excluding hydrogens is 508 g/mol. The van der Waals surface area contributed by atoms with Crippen LogP contribution in [0.1, 0.15) is 94.3 Å². The van der Waals surface area contributed by atoms with Crippen LogP contribution in [0.15, 0.2) is 54.6 Å². The maximum Gasteiger partial charge on any atom is 0.338 e. The maximum absolute atomic E-state index is 12.9. The largest absolute Gasteiger partial charge is 0.469 e. The van der Waals surface area contributed by atoms with Gasteiger partial charge in [-0.05, 0) is 63.0 Å². The molecule has 1 aliphatic heterocycles. The van der Waals surface area contributed by atoms with Gasteiger partial charge in [0.15, 0.2) is 6.29 Å². The van der Waals surface area contributed by atoms with Crippen LogP contribution in [-0.2, 0) is 23.7 Å². The van der Waals surface area contributed by atoms with E-state index in [9.17, 15) is 14.7 Å². The Morgan fingerprint density at radius 3 is 2.67 bits per heavy atom. The summed E-state index contributed by atoms with van der Waals surface area (Å²) in [6.45, 7) is 2.92. The van der Waals surface area contributed by atoms with Crippen molar-refractivity contribution in [2.24, 2.45) is 11.8 Å². The Balaban J connectivity index is 1.71. The molecule has 1 saturated heterocycles. The third kappa shape index (κ3) is 10.8. The molecule has 6 atom stereocenters. The summed E-state index contributed by atoms with van der Waals surface area (Å²) in [6, 6.07) is 8.99. The fraction of sp³-hybridized carbons (Fsp3) is 0.636. The lowest BCUT2D eigenvalue weighted by Crippen LogP contribution is -2.28. The Morgan fingerprint density at radius 1 is 1.12 bits per heavy atom. The minimum absolute atomic E-state index is 0.0904. The first-order valence-corrected chi connectivity index (χ1v) is 15.1. The summed E-state index contributed by atoms with van der Waals surface area (Å²) in [5, 5.41) is 11.0. The van der Waals surface area contributed by atoms with E-state index in [4.69, 9.17) is 18.9 Å². The third-order valence-corrected chi connectivity index (χ3v) is 7.82. The number of esters is 2. The van der Waals surface area contributed by atoms with Crippen LogP contribution >= 0.6 is 0 Å². The molecule has 7 heteroatoms. The van der Waals surface area contributed by atoms with Crippen LogP contribution in [0.3, 0.4) is 0 Å². The number of methoxy groups -OCH3 is 1. The molecule has 40 heavy (non-hydrogen) atoms. The molecule has 2 aliphatic rings. The summed E-state index contributed by atoms with van der Waals surface area (Å²) in [5.41, 5.74) is 0.504. The standard InChI is InChI=1S/C33H48O7/c1-3-4-8-17-26(39-32-20-13-14-23-38-32)21-22-28-27(18-11-5-6-12-19-31(35)37-2)29(34)24-30(28)40-33(36)25-15-9-7-10-16-25/h5,7,9-11,15-16,21-22,26-30,32,34H,3-4,6,8,12-14,17-20,23-24H2,1-2H3/b11-5-,22-21+/t26-,27+,28+,29-,30+,32?/m0/s1. The van der Waals surface area contributed by atoms with Gasteiger partial charge in [-0.1, -0.05) is 68.7 Å². The predicted octanol–water partition coefficient (Wildman–Crippen LogP) is 6.55. The Labute approximate surface area is 239 Å². The lowest BCUT2D eigenvalue weighted by molar-refractivity contribution is -0.179. The number of carbonyl (C=O) groups excluding carboxylic acids is 2. The highest BCUT2D eigenvalue weighted by Crippen LogP contribution is 2.39. The number of hydrogen-bond acceptors (Lipinski definition) is 7. The van der Waals surface area contributed by atoms with Crippen molar-refractivity contribution in [2.75, 3.05) is 13.7 Å². The number of unbranched alkanes of at least 4 members (excludes halogenated alkanes) is 3. The number of aliphatic hydroxyl groups excluding tert-OH is 1. The van der Waals surface area contributed by atoms with Gasteiger partial charge in [-0.15, -0.1) is 0 Å². The van der Waals surface area contributed by atoms with E-state index in [0.29, 0.717) is 24.8 Å². The summed E-state index contributed by atoms with van der Waals surface area (Å²) in [5.74, 6) is -0.820. The molecule has 0 amide bonds. The summed E-state index contributed by atoms with van der Waals surface area (Å²) >= 11 is 0. The minimum atomic E-state index is -0.593. The van der Waals surface area contributed by atoms with Crippen LogP contribution in [0.5, 0.6) is 0 Å². The highest BCUT2D eigenvalue weighted by atomic mass is 16.7. The van der Waals surface area contributed by atoms with Crippen molar-refractivity contribution >= 4 is 11.9 Å². The number of rotatable bonds is 16. The molecule has 0 radical (unpaired) electrons. The van der Waals surface area contributed by atoms with Crippen molar-refractivity contribution in [1.82, 2.24) is 0 Å². The number of benzene rings is 1. The highest BCUT2D eigenvalue weighted by Gasteiger charge is 2.43. The zero-order chi connectivity index (χ0) is 28.6. The van der Waals surface area contributed by atoms with E-state index in [-0.39, 0.29) is 36.2 Å². The molecule has 1 aromatic carbocycles. The van der Waals surface area contributed by atoms with E-state index >= 15 is 0 Å². The molecule has 3 rings (SSSR count). The molecule has 1 N–H and O–H groups in total. The highest BCUT2D eigenvalue weighted by molar-refractivity contribution is 5.89. The molecule has 1 aromatic rings. The van der Waals surface area contributed by atoms with Crippen LogP contribution in [0.4, 0.5) is 0 Å². The molecule has 0 bridgehead atoms. The fourth-order valence-electron chi connectivity index (χ4n) is 5.50. The Morgan fingerprint density at radius 2 is 1.95 bits per heavy atom. The molecule has 1 saturated carbocycles. The van der Waals surface area contributed by atoms with Gasteiger partial charge in [0.1, 0.15) is 6.10 Å². The second-order valence-corrected chi connectivity index (χ2v) is 10.9. The average Bonchev–Trinajstić information content (AvgIpc) is 3.27. The lowest BCUT2D eigenvalue weighted by atomic mass is 9.89. The third-order valence-electron chi connectivity index (χ3n) is 7.82. The fourth-order valence-corrected chi connectivity index (χ4v) is 5.50. The lowest BCUT2D eigenvalue weighted by Gasteiger charge is -2.27. The van der Waals surface area contributed by atoms with E-state index < -0.39 is 12.2 Å². The van der Waals surface area contributed by atoms with Crippen molar-refractivity contribution in [3.63, 3.8) is 0 Å². The van der Waals surface area contributed by atoms with Gasteiger partial charge in [0.05, 0.1) is 24.9 Å². The molecule has 1 aliphatic carbocycles. The van der Waals surface area contributed by atoms with Gasteiger partial charge < -0.3 is 24.1 Å². The monoisotopic (exact) mass is 556 g/mol. The summed E-state index contributed by atoms with van der Waals surface area (Å²) < 4.78 is 22.9. The molecule has 1 unspecified atom stereocenters. The molecule has 222 valence electrons. The SMILES string of the molecule is CCCCC[C@@H](/C=C/[C@@H]1[C@@H](C/C=C\CCCC(=O)OC)[C@@H](O)C[C@H]1OC(=O)c1ccccc1)OC1CCCCO1. The van der Waals surface area contributed by atoms with Gasteiger partial charge in [0, 0.05) is 25.4 Å². The van der Waals surface area contributed by atoms with Crippen LogP contribution < -0.4 is 0 Å². The smallest absolute Gasteiger partial charge is 0.338 e. The normalized spacial score (nSPS) is 25.8. The van der Waals surface area contributed by atoms with Gasteiger partial charge in [-0.25, -0.2) is 4.79 Å². The second kappa shape index (κ2) is 18.1. The van der Waals surface area contributed by atoms with E-state index in [2.05, 4.69) is 31.2 Å². The van der Waals surface area contributed by atoms with Crippen LogP contribution in [0, 0.1) is 11.8 Å². The molecular formula is C33H48O7. The molecule has 7 nitrogen and oxygen atoms in total. The zero-order valence-electron chi connectivity index (χ0n) is 24.2. The molecule has 1 heterocycles. The average molecular weight is 557 g/mol. The van der Waals surface area contributed by atoms with E-state index in [1.54, 1.807) is 12.1 Å². The van der Waals surface area contributed by atoms with Gasteiger partial charge in [-0.3, -0.25) is 4.79 Å². The van der Waals surface area contributed by atoms with Crippen molar-refractivity contribution in [2.45, 2.75) is 109 Å². The van der Waals surface area contributed by atoms with Crippen molar-refractivity contribution in [3.05, 3.63) is 60.2 Å². The van der Waals surface area contributed by atoms with Crippen molar-refractivity contribution in [1.29, 1.82) is 0 Å². The maximum atomic E-state index is 12.9. The molecule has 0 spiro atoms. The first-order chi connectivity index (χ1) is 19.5. The van der Waals surface area contributed by atoms with Crippen LogP contribution in [0.2, 0.25) is 0 Å². The number of hydrogen-bond donors (Lipinski definition) is 1. The number of allylic oxidation sites excluding steroid dienone is 2. The van der Waals surface area contributed by atoms with Crippen LogP contribution in [0.25, 0.3) is 0 Å². The number of aliphatic hydroxyl groups is 1. The zero-order valence-corrected chi connectivity index (χ0v) is 24.2. The van der Waals surface area contributed by atoms with E-state index in [1.807, 2.05) is 18.2 Å². The van der Waals surface area contributed by atoms with E-state index in [0.717, 1.165) is 64.4 Å². The first kappa shape index (κ1) is 32.0. The summed E-state index contributed by atoms with van der Waals surface area (Å²) in [7, 11) is 1.40. The molecule has 0 aromatic heterocycles. The summed E-state index contributed by atoms with van der Waals surface area (Å²) in [4.78, 5) is 24.3. The number of carbonyl (C=O) groups is 2. The topological polar surface area (TPSA) is 91.3 Å². The van der Waals surface area contributed by atoms with Crippen molar-refractivity contribution in [3.8, 4) is 0 Å². The van der Waals surface area contributed by atoms with E-state index in [1.165, 1.54) is 7.11 Å². The van der Waals surface area contributed by atoms with Crippen LogP contribution in [-0.4, -0.2) is 55.4 Å². The molecule has 2 fully saturated rings. The quantitative estimate of drug-likeness (QED) is 0.140. The second-order valence-electron chi connectivity index (χ2n) is 10.9. The Bertz CT molecular complexity index is 922. The van der Waals surface area contributed by atoms with Gasteiger partial charge in [0.2, 0.25) is 0 Å². The van der Waals surface area contributed by atoms with Crippen molar-refractivity contribution < 1.29 is 33.6 Å². The predicted molar refractivity (Wildman–Crippen MR) is 155 cm³/mol. The minimum Gasteiger partial charge on any atom is -0.469 e. The van der Waals surface area contributed by atoms with Gasteiger partial charge in [0.25, 0.3) is 0 Å². The Hall–Kier alpha value is -2.48. The van der Waals surface area contributed by atoms with Gasteiger partial charge >= 0.3 is 11.9 Å².